The molecule has 6 heteroatoms. The maximum absolute atomic E-state index is 11.6. The Bertz CT molecular complexity index is 597. The van der Waals surface area contributed by atoms with Crippen LogP contribution in [0.3, 0.4) is 0 Å². The van der Waals surface area contributed by atoms with Gasteiger partial charge in [0.05, 0.1) is 12.1 Å². The van der Waals surface area contributed by atoms with Crippen LogP contribution in [0.1, 0.15) is 6.92 Å². The Hall–Kier alpha value is -2.24. The van der Waals surface area contributed by atoms with E-state index in [1.165, 1.54) is 0 Å². The van der Waals surface area contributed by atoms with Gasteiger partial charge in [-0.3, -0.25) is 5.41 Å². The number of nitrogens with zero attached hydrogens (tertiary/aromatic N) is 2. The molecule has 0 bridgehead atoms. The molecule has 0 saturated heterocycles. The van der Waals surface area contributed by atoms with E-state index in [1.54, 1.807) is 31.2 Å². The summed E-state index contributed by atoms with van der Waals surface area (Å²) in [6, 6.07) is 6.68. The Morgan fingerprint density at radius 1 is 1.44 bits per heavy atom. The second-order valence-electron chi connectivity index (χ2n) is 3.16. The summed E-state index contributed by atoms with van der Waals surface area (Å²) in [6.07, 6.45) is -0.670. The number of carbonyl (C=O) groups excluding carboxylic acids is 1. The first-order valence-electron chi connectivity index (χ1n) is 4.80. The highest BCUT2D eigenvalue weighted by molar-refractivity contribution is 5.86. The zero-order valence-electron chi connectivity index (χ0n) is 8.67. The number of hydrogen-bond acceptors (Lipinski definition) is 4. The Kier molecular flexibility index (Phi) is 2.40. The molecule has 0 unspecified atom stereocenters. The molecule has 0 aliphatic carbocycles. The van der Waals surface area contributed by atoms with Gasteiger partial charge in [0.15, 0.2) is 0 Å². The lowest BCUT2D eigenvalue weighted by atomic mass is 10.3. The molecule has 0 aliphatic heterocycles. The molecule has 1 heterocycles. The minimum Gasteiger partial charge on any atom is -0.449 e. The van der Waals surface area contributed by atoms with Crippen LogP contribution in [-0.2, 0) is 4.74 Å². The van der Waals surface area contributed by atoms with Crippen LogP contribution >= 0.6 is 0 Å². The summed E-state index contributed by atoms with van der Waals surface area (Å²) in [7, 11) is 0. The van der Waals surface area contributed by atoms with E-state index in [-0.39, 0.29) is 12.2 Å². The fourth-order valence-electron chi connectivity index (χ4n) is 1.53. The highest BCUT2D eigenvalue weighted by Gasteiger charge is 2.15. The number of fused-ring (bicyclic) bond motifs is 1. The van der Waals surface area contributed by atoms with Crippen molar-refractivity contribution in [2.45, 2.75) is 6.92 Å². The first-order valence-corrected chi connectivity index (χ1v) is 4.80. The van der Waals surface area contributed by atoms with Crippen LogP contribution in [0.15, 0.2) is 24.3 Å². The molecule has 0 radical (unpaired) electrons. The number of nitrogens with one attached hydrogen (secondary N) is 1. The van der Waals surface area contributed by atoms with Crippen LogP contribution in [0.2, 0.25) is 0 Å². The summed E-state index contributed by atoms with van der Waals surface area (Å²) in [5.41, 5.74) is 0.494. The normalized spacial score (nSPS) is 10.6. The monoisotopic (exact) mass is 221 g/mol. The molecule has 1 aromatic heterocycles. The average molecular weight is 221 g/mol. The maximum atomic E-state index is 11.6. The van der Waals surface area contributed by atoms with Gasteiger partial charge in [-0.25, -0.2) is 9.36 Å². The van der Waals surface area contributed by atoms with Gasteiger partial charge in [-0.1, -0.05) is 12.1 Å². The van der Waals surface area contributed by atoms with Crippen LogP contribution in [0.25, 0.3) is 11.0 Å². The molecule has 0 spiro atoms. The number of carbonyl (C=O) groups is 1. The summed E-state index contributed by atoms with van der Waals surface area (Å²) >= 11 is 0. The largest absolute Gasteiger partial charge is 0.449 e. The maximum Gasteiger partial charge on any atom is 0.421 e. The van der Waals surface area contributed by atoms with E-state index in [1.807, 2.05) is 0 Å². The van der Waals surface area contributed by atoms with Crippen molar-refractivity contribution in [1.82, 2.24) is 9.30 Å². The highest BCUT2D eigenvalue weighted by atomic mass is 16.5. The van der Waals surface area contributed by atoms with Gasteiger partial charge in [-0.05, 0) is 19.1 Å². The average Bonchev–Trinajstić information content (AvgIpc) is 2.53. The van der Waals surface area contributed by atoms with Gasteiger partial charge in [0.25, 0.3) is 0 Å². The molecule has 0 fully saturated rings. The Morgan fingerprint density at radius 3 is 2.69 bits per heavy atom. The standard InChI is InChI=1S/C10H11N3O3/c1-2-16-10(14)12-7-5-3-4-6-8(7)13(15)9(12)11/h3-6,11,15H,2H2,1H3. The number of imidazole rings is 1. The van der Waals surface area contributed by atoms with Crippen molar-refractivity contribution in [3.8, 4) is 0 Å². The quantitative estimate of drug-likeness (QED) is 0.709. The Morgan fingerprint density at radius 2 is 2.06 bits per heavy atom. The van der Waals surface area contributed by atoms with E-state index in [0.717, 1.165) is 4.57 Å². The summed E-state index contributed by atoms with van der Waals surface area (Å²) < 4.78 is 6.47. The lowest BCUT2D eigenvalue weighted by molar-refractivity contribution is 0.146. The van der Waals surface area contributed by atoms with Gasteiger partial charge in [-0.2, -0.15) is 0 Å². The van der Waals surface area contributed by atoms with E-state index < -0.39 is 6.09 Å². The molecule has 0 saturated carbocycles. The van der Waals surface area contributed by atoms with Crippen molar-refractivity contribution < 1.29 is 14.7 Å². The van der Waals surface area contributed by atoms with Gasteiger partial charge >= 0.3 is 6.09 Å². The van der Waals surface area contributed by atoms with Crippen LogP contribution in [0.5, 0.6) is 0 Å². The smallest absolute Gasteiger partial charge is 0.421 e. The lowest BCUT2D eigenvalue weighted by Crippen LogP contribution is -2.29. The Balaban J connectivity index is 2.74. The number of para-hydroxylation sites is 2. The van der Waals surface area contributed by atoms with E-state index in [4.69, 9.17) is 10.1 Å². The molecule has 0 aliphatic rings. The molecule has 16 heavy (non-hydrogen) atoms. The molecular weight excluding hydrogens is 210 g/mol. The number of aromatic nitrogens is 2. The molecule has 84 valence electrons. The SMILES string of the molecule is CCOC(=O)n1c(=N)n(O)c2ccccc21. The molecule has 2 aromatic rings. The van der Waals surface area contributed by atoms with Crippen LogP contribution < -0.4 is 5.62 Å². The molecule has 6 nitrogen and oxygen atoms in total. The first-order chi connectivity index (χ1) is 7.66. The van der Waals surface area contributed by atoms with Gasteiger partial charge in [0.2, 0.25) is 5.62 Å². The third kappa shape index (κ3) is 1.35. The van der Waals surface area contributed by atoms with Crippen molar-refractivity contribution in [3.63, 3.8) is 0 Å². The number of ether oxygens (including phenoxy) is 1. The van der Waals surface area contributed by atoms with E-state index in [0.29, 0.717) is 15.8 Å². The molecule has 1 aromatic carbocycles. The van der Waals surface area contributed by atoms with Crippen molar-refractivity contribution in [1.29, 1.82) is 5.41 Å². The van der Waals surface area contributed by atoms with Gasteiger partial charge < -0.3 is 9.94 Å². The van der Waals surface area contributed by atoms with Crippen LogP contribution in [0.4, 0.5) is 4.79 Å². The fraction of sp³-hybridized carbons (Fsp3) is 0.200. The third-order valence-corrected chi connectivity index (χ3v) is 2.21. The molecule has 0 amide bonds. The molecular formula is C10H11N3O3. The predicted octanol–water partition coefficient (Wildman–Crippen LogP) is 1.16. The number of benzene rings is 1. The van der Waals surface area contributed by atoms with Gasteiger partial charge in [-0.15, -0.1) is 4.73 Å². The first kappa shape index (κ1) is 10.3. The predicted molar refractivity (Wildman–Crippen MR) is 55.4 cm³/mol. The summed E-state index contributed by atoms with van der Waals surface area (Å²) in [5.74, 6) is 0. The second-order valence-corrected chi connectivity index (χ2v) is 3.16. The minimum absolute atomic E-state index is 0.218. The minimum atomic E-state index is -0.670. The van der Waals surface area contributed by atoms with Crippen molar-refractivity contribution >= 4 is 17.1 Å². The van der Waals surface area contributed by atoms with Gasteiger partial charge in [0, 0.05) is 0 Å². The molecule has 2 rings (SSSR count). The lowest BCUT2D eigenvalue weighted by Gasteiger charge is -2.01. The number of hydrogen-bond donors (Lipinski definition) is 2. The summed E-state index contributed by atoms with van der Waals surface area (Å²) in [6.45, 7) is 1.90. The van der Waals surface area contributed by atoms with Crippen molar-refractivity contribution in [3.05, 3.63) is 29.9 Å². The summed E-state index contributed by atoms with van der Waals surface area (Å²) in [5, 5.41) is 17.2. The van der Waals surface area contributed by atoms with E-state index >= 15 is 0 Å². The van der Waals surface area contributed by atoms with E-state index in [9.17, 15) is 10.0 Å². The molecule has 2 N–H and O–H groups in total. The Labute approximate surface area is 90.8 Å². The highest BCUT2D eigenvalue weighted by Crippen LogP contribution is 2.11. The molecule has 0 atom stereocenters. The zero-order chi connectivity index (χ0) is 11.7. The van der Waals surface area contributed by atoms with E-state index in [2.05, 4.69) is 0 Å². The third-order valence-electron chi connectivity index (χ3n) is 2.21. The van der Waals surface area contributed by atoms with Crippen LogP contribution in [-0.4, -0.2) is 27.2 Å². The van der Waals surface area contributed by atoms with Gasteiger partial charge in [0.1, 0.15) is 5.52 Å². The topological polar surface area (TPSA) is 80.2 Å². The second kappa shape index (κ2) is 3.73. The van der Waals surface area contributed by atoms with Crippen molar-refractivity contribution in [2.75, 3.05) is 6.61 Å². The van der Waals surface area contributed by atoms with Crippen LogP contribution in [0, 0.1) is 5.41 Å². The van der Waals surface area contributed by atoms with Crippen molar-refractivity contribution in [2.24, 2.45) is 0 Å². The number of rotatable bonds is 1. The fourth-order valence-corrected chi connectivity index (χ4v) is 1.53. The summed E-state index contributed by atoms with van der Waals surface area (Å²) in [4.78, 5) is 11.6. The zero-order valence-corrected chi connectivity index (χ0v) is 8.67.